The maximum atomic E-state index is 12.3. The average Bonchev–Trinajstić information content (AvgIpc) is 2.90. The van der Waals surface area contributed by atoms with Crippen LogP contribution >= 0.6 is 22.9 Å². The highest BCUT2D eigenvalue weighted by Crippen LogP contribution is 2.29. The number of amides is 1. The number of aryl methyl sites for hydroxylation is 2. The van der Waals surface area contributed by atoms with Crippen LogP contribution in [0.4, 0.5) is 5.69 Å². The van der Waals surface area contributed by atoms with Crippen LogP contribution in [-0.4, -0.2) is 10.9 Å². The van der Waals surface area contributed by atoms with Crippen molar-refractivity contribution in [2.45, 2.75) is 13.8 Å². The van der Waals surface area contributed by atoms with Gasteiger partial charge < -0.3 is 10.1 Å². The van der Waals surface area contributed by atoms with Crippen LogP contribution in [0.25, 0.3) is 0 Å². The third-order valence-corrected chi connectivity index (χ3v) is 4.67. The van der Waals surface area contributed by atoms with Gasteiger partial charge in [-0.3, -0.25) is 4.79 Å². The molecular weight excluding hydrogens is 344 g/mol. The number of rotatable bonds is 4. The smallest absolute Gasteiger partial charge is 0.267 e. The predicted octanol–water partition coefficient (Wildman–Crippen LogP) is 5.46. The Balaban J connectivity index is 1.70. The van der Waals surface area contributed by atoms with Gasteiger partial charge in [0.15, 0.2) is 0 Å². The molecule has 1 amide bonds. The van der Waals surface area contributed by atoms with E-state index in [-0.39, 0.29) is 5.91 Å². The van der Waals surface area contributed by atoms with Crippen LogP contribution in [0.15, 0.2) is 48.5 Å². The van der Waals surface area contributed by atoms with Gasteiger partial charge in [-0.2, -0.15) is 0 Å². The molecule has 0 aliphatic heterocycles. The molecule has 0 saturated carbocycles. The Hall–Kier alpha value is -2.37. The number of carbonyl (C=O) groups is 1. The van der Waals surface area contributed by atoms with Crippen LogP contribution in [0, 0.1) is 13.8 Å². The third-order valence-electron chi connectivity index (χ3n) is 3.29. The lowest BCUT2D eigenvalue weighted by Crippen LogP contribution is -2.11. The molecule has 0 aliphatic carbocycles. The molecule has 0 fully saturated rings. The summed E-state index contributed by atoms with van der Waals surface area (Å²) in [5.41, 5.74) is 1.44. The number of para-hydroxylation sites is 1. The Morgan fingerprint density at radius 2 is 1.83 bits per heavy atom. The molecule has 0 atom stereocenters. The van der Waals surface area contributed by atoms with Gasteiger partial charge in [0, 0.05) is 5.69 Å². The molecule has 0 radical (unpaired) electrons. The summed E-state index contributed by atoms with van der Waals surface area (Å²) in [7, 11) is 0. The molecule has 0 aliphatic rings. The van der Waals surface area contributed by atoms with Crippen molar-refractivity contribution in [3.63, 3.8) is 0 Å². The zero-order chi connectivity index (χ0) is 17.1. The van der Waals surface area contributed by atoms with Gasteiger partial charge in [0.05, 0.1) is 15.7 Å². The number of ether oxygens (including phenoxy) is 1. The highest BCUT2D eigenvalue weighted by Gasteiger charge is 2.14. The zero-order valence-electron chi connectivity index (χ0n) is 13.2. The lowest BCUT2D eigenvalue weighted by molar-refractivity contribution is 0.103. The van der Waals surface area contributed by atoms with Gasteiger partial charge in [0.25, 0.3) is 5.91 Å². The number of carbonyl (C=O) groups excluding carboxylic acids is 1. The van der Waals surface area contributed by atoms with Gasteiger partial charge in [0.2, 0.25) is 0 Å². The molecule has 0 bridgehead atoms. The van der Waals surface area contributed by atoms with Crippen molar-refractivity contribution in [3.8, 4) is 11.5 Å². The summed E-state index contributed by atoms with van der Waals surface area (Å²) in [6.45, 7) is 3.72. The quantitative estimate of drug-likeness (QED) is 0.673. The molecule has 122 valence electrons. The van der Waals surface area contributed by atoms with Crippen molar-refractivity contribution in [1.82, 2.24) is 4.98 Å². The zero-order valence-corrected chi connectivity index (χ0v) is 14.7. The summed E-state index contributed by atoms with van der Waals surface area (Å²) in [4.78, 5) is 17.2. The van der Waals surface area contributed by atoms with Gasteiger partial charge in [-0.1, -0.05) is 23.7 Å². The fourth-order valence-corrected chi connectivity index (χ4v) is 3.18. The van der Waals surface area contributed by atoms with Crippen molar-refractivity contribution in [2.24, 2.45) is 0 Å². The van der Waals surface area contributed by atoms with Gasteiger partial charge in [-0.25, -0.2) is 4.98 Å². The first-order valence-electron chi connectivity index (χ1n) is 7.31. The van der Waals surface area contributed by atoms with E-state index in [9.17, 15) is 4.79 Å². The van der Waals surface area contributed by atoms with E-state index >= 15 is 0 Å². The standard InChI is InChI=1S/C18H15ClN2O2S/c1-11-17(24-12(2)20-11)18(22)21-13-7-9-14(10-8-13)23-16-6-4-3-5-15(16)19/h3-10H,1-2H3,(H,21,22). The molecule has 0 saturated heterocycles. The molecule has 1 aromatic heterocycles. The largest absolute Gasteiger partial charge is 0.456 e. The Kier molecular flexibility index (Phi) is 4.83. The summed E-state index contributed by atoms with van der Waals surface area (Å²) in [5.74, 6) is 1.08. The molecule has 2 aromatic carbocycles. The number of anilines is 1. The topological polar surface area (TPSA) is 51.2 Å². The van der Waals surface area contributed by atoms with Crippen molar-refractivity contribution in [3.05, 3.63) is 69.1 Å². The molecular formula is C18H15ClN2O2S. The summed E-state index contributed by atoms with van der Waals surface area (Å²) in [5, 5.41) is 4.29. The highest BCUT2D eigenvalue weighted by atomic mass is 35.5. The second kappa shape index (κ2) is 7.03. The van der Waals surface area contributed by atoms with E-state index in [1.54, 1.807) is 36.4 Å². The Morgan fingerprint density at radius 1 is 1.12 bits per heavy atom. The highest BCUT2D eigenvalue weighted by molar-refractivity contribution is 7.13. The van der Waals surface area contributed by atoms with Crippen molar-refractivity contribution < 1.29 is 9.53 Å². The molecule has 0 spiro atoms. The van der Waals surface area contributed by atoms with E-state index in [0.29, 0.717) is 27.1 Å². The minimum Gasteiger partial charge on any atom is -0.456 e. The predicted molar refractivity (Wildman–Crippen MR) is 97.5 cm³/mol. The van der Waals surface area contributed by atoms with Crippen LogP contribution in [-0.2, 0) is 0 Å². The maximum Gasteiger partial charge on any atom is 0.267 e. The number of benzene rings is 2. The van der Waals surface area contributed by atoms with E-state index in [2.05, 4.69) is 10.3 Å². The first kappa shape index (κ1) is 16.5. The van der Waals surface area contributed by atoms with Gasteiger partial charge in [-0.15, -0.1) is 11.3 Å². The van der Waals surface area contributed by atoms with Crippen LogP contribution in [0.5, 0.6) is 11.5 Å². The summed E-state index contributed by atoms with van der Waals surface area (Å²) >= 11 is 7.46. The fourth-order valence-electron chi connectivity index (χ4n) is 2.19. The number of hydrogen-bond donors (Lipinski definition) is 1. The van der Waals surface area contributed by atoms with Crippen LogP contribution < -0.4 is 10.1 Å². The van der Waals surface area contributed by atoms with Crippen molar-refractivity contribution in [2.75, 3.05) is 5.32 Å². The average molecular weight is 359 g/mol. The molecule has 0 unspecified atom stereocenters. The Labute approximate surface area is 149 Å². The first-order chi connectivity index (χ1) is 11.5. The SMILES string of the molecule is Cc1nc(C)c(C(=O)Nc2ccc(Oc3ccccc3Cl)cc2)s1. The Morgan fingerprint density at radius 3 is 2.46 bits per heavy atom. The number of nitrogens with zero attached hydrogens (tertiary/aromatic N) is 1. The number of halogens is 1. The molecule has 24 heavy (non-hydrogen) atoms. The number of thiazole rings is 1. The second-order valence-electron chi connectivity index (χ2n) is 5.16. The lowest BCUT2D eigenvalue weighted by Gasteiger charge is -2.09. The summed E-state index contributed by atoms with van der Waals surface area (Å²) < 4.78 is 5.72. The minimum absolute atomic E-state index is 0.155. The van der Waals surface area contributed by atoms with Crippen molar-refractivity contribution in [1.29, 1.82) is 0 Å². The van der Waals surface area contributed by atoms with Crippen molar-refractivity contribution >= 4 is 34.5 Å². The molecule has 1 heterocycles. The van der Waals surface area contributed by atoms with Gasteiger partial charge in [-0.05, 0) is 50.2 Å². The molecule has 3 rings (SSSR count). The minimum atomic E-state index is -0.155. The van der Waals surface area contributed by atoms with E-state index < -0.39 is 0 Å². The third kappa shape index (κ3) is 3.75. The molecule has 4 nitrogen and oxygen atoms in total. The fraction of sp³-hybridized carbons (Fsp3) is 0.111. The Bertz CT molecular complexity index is 875. The molecule has 1 N–H and O–H groups in total. The lowest BCUT2D eigenvalue weighted by atomic mass is 10.3. The normalized spacial score (nSPS) is 10.5. The monoisotopic (exact) mass is 358 g/mol. The molecule has 6 heteroatoms. The van der Waals surface area contributed by atoms with Crippen LogP contribution in [0.3, 0.4) is 0 Å². The van der Waals surface area contributed by atoms with E-state index in [0.717, 1.165) is 10.7 Å². The first-order valence-corrected chi connectivity index (χ1v) is 8.50. The van der Waals surface area contributed by atoms with Gasteiger partial charge in [0.1, 0.15) is 16.4 Å². The summed E-state index contributed by atoms with van der Waals surface area (Å²) in [6.07, 6.45) is 0. The van der Waals surface area contributed by atoms with Crippen LogP contribution in [0.2, 0.25) is 5.02 Å². The molecule has 3 aromatic rings. The number of hydrogen-bond acceptors (Lipinski definition) is 4. The van der Waals surface area contributed by atoms with E-state index in [1.165, 1.54) is 11.3 Å². The van der Waals surface area contributed by atoms with Crippen LogP contribution in [0.1, 0.15) is 20.4 Å². The van der Waals surface area contributed by atoms with E-state index in [4.69, 9.17) is 16.3 Å². The van der Waals surface area contributed by atoms with E-state index in [1.807, 2.05) is 26.0 Å². The number of nitrogens with one attached hydrogen (secondary N) is 1. The second-order valence-corrected chi connectivity index (χ2v) is 6.77. The summed E-state index contributed by atoms with van der Waals surface area (Å²) in [6, 6.07) is 14.4. The number of aromatic nitrogens is 1. The maximum absolute atomic E-state index is 12.3. The van der Waals surface area contributed by atoms with Gasteiger partial charge >= 0.3 is 0 Å².